The largest absolute Gasteiger partial charge is 0.465 e. The first-order chi connectivity index (χ1) is 51.2. The van der Waals surface area contributed by atoms with Crippen molar-refractivity contribution in [2.75, 3.05) is 51.1 Å². The maximum atomic E-state index is 12.3. The molecule has 6 saturated carbocycles. The first-order valence-electron chi connectivity index (χ1n) is 43.7. The van der Waals surface area contributed by atoms with Gasteiger partial charge >= 0.3 is 23.9 Å². The lowest BCUT2D eigenvalue weighted by atomic mass is 9.76. The van der Waals surface area contributed by atoms with Crippen LogP contribution in [0.1, 0.15) is 316 Å². The van der Waals surface area contributed by atoms with E-state index in [4.69, 9.17) is 52.1 Å². The Balaban J connectivity index is 0.000000180. The predicted molar refractivity (Wildman–Crippen MR) is 427 cm³/mol. The molecule has 12 rings (SSSR count). The van der Waals surface area contributed by atoms with Crippen LogP contribution in [-0.4, -0.2) is 158 Å². The molecule has 0 aromatic rings. The molecule has 6 heterocycles. The maximum absolute atomic E-state index is 12.3. The summed E-state index contributed by atoms with van der Waals surface area (Å²) in [5.74, 6) is 8.41. The Kier molecular flexibility index (Phi) is 40.2. The molecule has 6 aliphatic carbocycles. The van der Waals surface area contributed by atoms with Crippen LogP contribution in [0.4, 0.5) is 0 Å². The highest BCUT2D eigenvalue weighted by Crippen LogP contribution is 2.52. The van der Waals surface area contributed by atoms with Gasteiger partial charge in [0.2, 0.25) is 0 Å². The third-order valence-electron chi connectivity index (χ3n) is 25.5. The van der Waals surface area contributed by atoms with Crippen LogP contribution in [0.3, 0.4) is 0 Å². The Morgan fingerprint density at radius 1 is 0.458 bits per heavy atom. The van der Waals surface area contributed by atoms with E-state index in [9.17, 15) is 28.8 Å². The maximum Gasteiger partial charge on any atom is 0.332 e. The number of carbonyl (C=O) groups is 6. The van der Waals surface area contributed by atoms with Gasteiger partial charge in [-0.05, 0) is 188 Å². The number of esters is 4. The Hall–Kier alpha value is -2.36. The first kappa shape index (κ1) is 91.8. The molecule has 12 fully saturated rings. The summed E-state index contributed by atoms with van der Waals surface area (Å²) in [6, 6.07) is 0. The van der Waals surface area contributed by atoms with Crippen LogP contribution in [0.5, 0.6) is 0 Å². The molecule has 17 nitrogen and oxygen atoms in total. The van der Waals surface area contributed by atoms with Gasteiger partial charge in [0, 0.05) is 48.7 Å². The van der Waals surface area contributed by atoms with Gasteiger partial charge in [-0.1, -0.05) is 198 Å². The second kappa shape index (κ2) is 46.9. The monoisotopic (exact) mass is 1550 g/mol. The summed E-state index contributed by atoms with van der Waals surface area (Å²) in [7, 11) is 0. The van der Waals surface area contributed by atoms with Gasteiger partial charge in [0.1, 0.15) is 6.61 Å². The van der Waals surface area contributed by atoms with E-state index in [2.05, 4.69) is 76.2 Å². The Bertz CT molecular complexity index is 2630. The van der Waals surface area contributed by atoms with Crippen LogP contribution in [-0.2, 0) is 80.9 Å². The van der Waals surface area contributed by atoms with E-state index in [1.807, 2.05) is 34.6 Å². The van der Waals surface area contributed by atoms with E-state index in [1.165, 1.54) is 96.3 Å². The van der Waals surface area contributed by atoms with E-state index in [1.54, 1.807) is 23.5 Å². The fraction of sp³-hybridized carbons (Fsp3) is 0.932. The molecule has 0 radical (unpaired) electrons. The molecule has 107 heavy (non-hydrogen) atoms. The molecule has 0 bridgehead atoms. The molecule has 0 amide bonds. The third-order valence-corrected chi connectivity index (χ3v) is 27.9. The van der Waals surface area contributed by atoms with Gasteiger partial charge in [-0.25, -0.2) is 4.79 Å². The van der Waals surface area contributed by atoms with Crippen molar-refractivity contribution in [1.29, 1.82) is 0 Å². The van der Waals surface area contributed by atoms with Gasteiger partial charge in [0.25, 0.3) is 0 Å². The fourth-order valence-electron chi connectivity index (χ4n) is 17.1. The van der Waals surface area contributed by atoms with Gasteiger partial charge in [-0.2, -0.15) is 0 Å². The predicted octanol–water partition coefficient (Wildman–Crippen LogP) is 19.5. The Morgan fingerprint density at radius 2 is 0.916 bits per heavy atom. The Labute approximate surface area is 657 Å². The lowest BCUT2D eigenvalue weighted by molar-refractivity contribution is -0.153. The molecule has 0 N–H and O–H groups in total. The van der Waals surface area contributed by atoms with Crippen LogP contribution in [0, 0.1) is 82.3 Å². The van der Waals surface area contributed by atoms with Crippen LogP contribution < -0.4 is 0 Å². The van der Waals surface area contributed by atoms with Crippen LogP contribution in [0.2, 0.25) is 0 Å². The zero-order chi connectivity index (χ0) is 77.8. The normalized spacial score (nSPS) is 35.3. The number of rotatable bonds is 37. The number of hydrogen-bond acceptors (Lipinski definition) is 19. The lowest BCUT2D eigenvalue weighted by Crippen LogP contribution is -2.31. The molecule has 618 valence electrons. The zero-order valence-electron chi connectivity index (χ0n) is 69.9. The topological polar surface area (TPSA) is 224 Å². The summed E-state index contributed by atoms with van der Waals surface area (Å²) < 4.78 is 59.8. The van der Waals surface area contributed by atoms with Gasteiger partial charge < -0.3 is 52.1 Å². The van der Waals surface area contributed by atoms with Crippen LogP contribution in [0.15, 0.2) is 0 Å². The van der Waals surface area contributed by atoms with Crippen LogP contribution >= 0.6 is 23.5 Å². The van der Waals surface area contributed by atoms with Gasteiger partial charge in [0.05, 0.1) is 105 Å². The SMILES string of the molecule is CC(C)C(=O)OCC1CC2OC2CC1C.CC(C)CC(=O)OCC1CC2OC2CC1C.CCCCC(CC)C(=O)SCC1CC2OC2CC1C.CCCCCCCC(=O)SCC1CC2OC2CC1C.CCCCCCCCCC(=O)OCC1CC2OC2(C)CC1C.CCOCC(=O)OCC1(C)CCC2OC2C1. The number of carbonyl (C=O) groups excluding carboxylic acids is 6. The van der Waals surface area contributed by atoms with Crippen molar-refractivity contribution in [2.24, 2.45) is 82.3 Å². The Morgan fingerprint density at radius 3 is 1.42 bits per heavy atom. The standard InChI is InChI=1S/C19H34O3.2C16H28O2S.C13H22O3.C12H20O4.C12H20O3/c1-4-5-6-7-8-9-10-11-18(20)21-14-16-12-17-19(3,22-17)13-15(16)2;1-4-6-7-12(5-2)16(17)19-10-13-9-15-14(18-15)8-11(13)3;1-3-4-5-6-7-8-16(17)19-11-13-10-15-14(18-15)9-12(13)2;1-8(2)4-13(14)15-7-10-6-12-11(16-12)5-9(10)3;1-3-14-7-11(13)15-8-12(2)5-4-9-10(6-12)16-9;1-7(2)12(13)14-6-9-5-11-10(15-11)4-8(9)3/h15-17H,4-14H2,1-3H3;11-15H,4-10H2,1-3H3;12-15H,3-11H2,1-2H3;8-12H,4-7H2,1-3H3;9-10H,3-8H2,1-2H3;7-11H,4-6H2,1-3H3. The molecule has 0 aromatic heterocycles. The van der Waals surface area contributed by atoms with Crippen molar-refractivity contribution in [1.82, 2.24) is 0 Å². The summed E-state index contributed by atoms with van der Waals surface area (Å²) in [6.45, 7) is 37.0. The summed E-state index contributed by atoms with van der Waals surface area (Å²) in [5, 5.41) is 0.838. The molecule has 19 heteroatoms. The van der Waals surface area contributed by atoms with Gasteiger partial charge in [-0.3, -0.25) is 24.0 Å². The zero-order valence-corrected chi connectivity index (χ0v) is 71.5. The van der Waals surface area contributed by atoms with E-state index >= 15 is 0 Å². The van der Waals surface area contributed by atoms with E-state index < -0.39 is 0 Å². The lowest BCUT2D eigenvalue weighted by Gasteiger charge is -2.30. The molecule has 6 saturated heterocycles. The molecular formula is C88H152O17S2. The minimum absolute atomic E-state index is 0.00851. The number of hydrogen-bond donors (Lipinski definition) is 0. The van der Waals surface area contributed by atoms with Gasteiger partial charge in [0.15, 0.2) is 10.2 Å². The fourth-order valence-corrected chi connectivity index (χ4v) is 19.6. The second-order valence-electron chi connectivity index (χ2n) is 36.2. The second-order valence-corrected chi connectivity index (χ2v) is 38.3. The van der Waals surface area contributed by atoms with Crippen molar-refractivity contribution in [3.8, 4) is 0 Å². The summed E-state index contributed by atoms with van der Waals surface area (Å²) in [5.41, 5.74) is 0.233. The third kappa shape index (κ3) is 33.9. The van der Waals surface area contributed by atoms with Crippen molar-refractivity contribution in [2.45, 2.75) is 389 Å². The molecular weight excluding hydrogens is 1390 g/mol. The quantitative estimate of drug-likeness (QED) is 0.0244. The number of epoxide rings is 6. The summed E-state index contributed by atoms with van der Waals surface area (Å²) >= 11 is 3.17. The van der Waals surface area contributed by atoms with E-state index in [0.29, 0.717) is 177 Å². The average molecular weight is 1550 g/mol. The molecule has 24 unspecified atom stereocenters. The number of ether oxygens (including phenoxy) is 11. The minimum Gasteiger partial charge on any atom is -0.465 e. The highest BCUT2D eigenvalue weighted by Gasteiger charge is 2.58. The van der Waals surface area contributed by atoms with Gasteiger partial charge in [-0.15, -0.1) is 0 Å². The van der Waals surface area contributed by atoms with Crippen molar-refractivity contribution >= 4 is 57.6 Å². The van der Waals surface area contributed by atoms with Crippen molar-refractivity contribution in [3.63, 3.8) is 0 Å². The number of thioether (sulfide) groups is 2. The minimum atomic E-state index is -0.262. The molecule has 0 spiro atoms. The van der Waals surface area contributed by atoms with E-state index in [0.717, 1.165) is 120 Å². The highest BCUT2D eigenvalue weighted by molar-refractivity contribution is 8.13. The van der Waals surface area contributed by atoms with Crippen molar-refractivity contribution in [3.05, 3.63) is 0 Å². The molecule has 12 aliphatic rings. The molecule has 24 atom stereocenters. The number of unbranched alkanes of at least 4 members (excludes halogenated alkanes) is 11. The first-order valence-corrected chi connectivity index (χ1v) is 45.6. The smallest absolute Gasteiger partial charge is 0.332 e. The average Bonchev–Trinajstić information content (AvgIpc) is 1.59. The highest BCUT2D eigenvalue weighted by atomic mass is 32.2. The van der Waals surface area contributed by atoms with Crippen LogP contribution in [0.25, 0.3) is 0 Å². The summed E-state index contributed by atoms with van der Waals surface area (Å²) in [4.78, 5) is 70.0. The molecule has 0 aromatic carbocycles. The summed E-state index contributed by atoms with van der Waals surface area (Å²) in [6.07, 6.45) is 41.2. The molecule has 6 aliphatic heterocycles. The van der Waals surface area contributed by atoms with Crippen molar-refractivity contribution < 1.29 is 80.9 Å². The van der Waals surface area contributed by atoms with E-state index in [-0.39, 0.29) is 53.3 Å². The number of fused-ring (bicyclic) bond motifs is 6.